The molecule has 1 aromatic rings. The standard InChI is InChI=1S/C14H21NO2S/c1-10-8-9-13(12(10)3)15-18(16,17)14-7-5-4-6-11(14)2/h4-7,10,12-13,15H,8-9H2,1-3H3. The molecule has 1 aliphatic rings. The maximum Gasteiger partial charge on any atom is 0.241 e. The molecular weight excluding hydrogens is 246 g/mol. The Labute approximate surface area is 110 Å². The topological polar surface area (TPSA) is 46.2 Å². The van der Waals surface area contributed by atoms with E-state index in [9.17, 15) is 8.42 Å². The van der Waals surface area contributed by atoms with Crippen molar-refractivity contribution in [3.8, 4) is 0 Å². The maximum atomic E-state index is 12.4. The van der Waals surface area contributed by atoms with Crippen LogP contribution in [-0.2, 0) is 10.0 Å². The number of rotatable bonds is 3. The molecule has 0 aliphatic heterocycles. The summed E-state index contributed by atoms with van der Waals surface area (Å²) in [6, 6.07) is 7.19. The van der Waals surface area contributed by atoms with Gasteiger partial charge in [0.1, 0.15) is 0 Å². The zero-order chi connectivity index (χ0) is 13.3. The van der Waals surface area contributed by atoms with Crippen LogP contribution in [0.3, 0.4) is 0 Å². The molecule has 3 nitrogen and oxygen atoms in total. The first-order chi connectivity index (χ1) is 8.42. The van der Waals surface area contributed by atoms with E-state index in [1.54, 1.807) is 12.1 Å². The molecule has 3 unspecified atom stereocenters. The van der Waals surface area contributed by atoms with E-state index in [0.29, 0.717) is 16.7 Å². The van der Waals surface area contributed by atoms with Crippen molar-refractivity contribution in [1.29, 1.82) is 0 Å². The number of aryl methyl sites for hydroxylation is 1. The fraction of sp³-hybridized carbons (Fsp3) is 0.571. The molecule has 0 saturated heterocycles. The van der Waals surface area contributed by atoms with Gasteiger partial charge in [-0.1, -0.05) is 32.0 Å². The molecule has 1 N–H and O–H groups in total. The minimum absolute atomic E-state index is 0.0737. The van der Waals surface area contributed by atoms with Crippen molar-refractivity contribution in [2.24, 2.45) is 11.8 Å². The molecule has 2 rings (SSSR count). The van der Waals surface area contributed by atoms with Crippen molar-refractivity contribution >= 4 is 10.0 Å². The quantitative estimate of drug-likeness (QED) is 0.915. The third-order valence-electron chi connectivity index (χ3n) is 4.15. The molecule has 0 aromatic heterocycles. The van der Waals surface area contributed by atoms with Gasteiger partial charge in [-0.25, -0.2) is 13.1 Å². The summed E-state index contributed by atoms with van der Waals surface area (Å²) < 4.78 is 27.6. The average Bonchev–Trinajstić information content (AvgIpc) is 2.61. The Kier molecular flexibility index (Phi) is 3.78. The monoisotopic (exact) mass is 267 g/mol. The van der Waals surface area contributed by atoms with Crippen LogP contribution < -0.4 is 4.72 Å². The lowest BCUT2D eigenvalue weighted by atomic mass is 9.98. The van der Waals surface area contributed by atoms with Gasteiger partial charge >= 0.3 is 0 Å². The van der Waals surface area contributed by atoms with Crippen molar-refractivity contribution < 1.29 is 8.42 Å². The van der Waals surface area contributed by atoms with Crippen LogP contribution in [0.1, 0.15) is 32.3 Å². The van der Waals surface area contributed by atoms with Gasteiger partial charge in [-0.05, 0) is 43.2 Å². The van der Waals surface area contributed by atoms with Crippen molar-refractivity contribution in [2.75, 3.05) is 0 Å². The third-order valence-corrected chi connectivity index (χ3v) is 5.81. The molecule has 1 aromatic carbocycles. The van der Waals surface area contributed by atoms with Gasteiger partial charge in [0.15, 0.2) is 0 Å². The summed E-state index contributed by atoms with van der Waals surface area (Å²) in [6.45, 7) is 6.14. The Morgan fingerprint density at radius 2 is 1.83 bits per heavy atom. The molecule has 0 spiro atoms. The molecule has 0 bridgehead atoms. The highest BCUT2D eigenvalue weighted by molar-refractivity contribution is 7.89. The summed E-state index contributed by atoms with van der Waals surface area (Å²) in [5, 5.41) is 0. The number of hydrogen-bond acceptors (Lipinski definition) is 2. The van der Waals surface area contributed by atoms with Crippen molar-refractivity contribution in [3.05, 3.63) is 29.8 Å². The molecular formula is C14H21NO2S. The van der Waals surface area contributed by atoms with E-state index in [0.717, 1.165) is 18.4 Å². The fourth-order valence-corrected chi connectivity index (χ4v) is 4.26. The summed E-state index contributed by atoms with van der Waals surface area (Å²) >= 11 is 0. The molecule has 4 heteroatoms. The molecule has 1 fully saturated rings. The van der Waals surface area contributed by atoms with Crippen LogP contribution in [0.25, 0.3) is 0 Å². The zero-order valence-electron chi connectivity index (χ0n) is 11.2. The molecule has 0 amide bonds. The average molecular weight is 267 g/mol. The van der Waals surface area contributed by atoms with Gasteiger partial charge in [0, 0.05) is 6.04 Å². The highest BCUT2D eigenvalue weighted by Gasteiger charge is 2.33. The lowest BCUT2D eigenvalue weighted by Gasteiger charge is -2.20. The van der Waals surface area contributed by atoms with Gasteiger partial charge in [-0.3, -0.25) is 0 Å². The zero-order valence-corrected chi connectivity index (χ0v) is 12.0. The second-order valence-electron chi connectivity index (χ2n) is 5.41. The Morgan fingerprint density at radius 1 is 1.17 bits per heavy atom. The van der Waals surface area contributed by atoms with Gasteiger partial charge in [0.2, 0.25) is 10.0 Å². The van der Waals surface area contributed by atoms with E-state index in [1.807, 2.05) is 19.1 Å². The van der Waals surface area contributed by atoms with Crippen LogP contribution >= 0.6 is 0 Å². The lowest BCUT2D eigenvalue weighted by molar-refractivity contribution is 0.402. The van der Waals surface area contributed by atoms with Crippen molar-refractivity contribution in [1.82, 2.24) is 4.72 Å². The van der Waals surface area contributed by atoms with E-state index < -0.39 is 10.0 Å². The number of benzene rings is 1. The SMILES string of the molecule is Cc1ccccc1S(=O)(=O)NC1CCC(C)C1C. The number of hydrogen-bond donors (Lipinski definition) is 1. The van der Waals surface area contributed by atoms with Crippen molar-refractivity contribution in [3.63, 3.8) is 0 Å². The van der Waals surface area contributed by atoms with Crippen LogP contribution in [0.5, 0.6) is 0 Å². The highest BCUT2D eigenvalue weighted by Crippen LogP contribution is 2.32. The van der Waals surface area contributed by atoms with E-state index >= 15 is 0 Å². The molecule has 0 heterocycles. The number of nitrogens with one attached hydrogen (secondary N) is 1. The van der Waals surface area contributed by atoms with Crippen LogP contribution in [0.15, 0.2) is 29.2 Å². The Bertz CT molecular complexity index is 524. The smallest absolute Gasteiger partial charge is 0.208 e. The molecule has 1 saturated carbocycles. The van der Waals surface area contributed by atoms with E-state index in [2.05, 4.69) is 18.6 Å². The Hall–Kier alpha value is -0.870. The minimum atomic E-state index is -3.38. The first-order valence-electron chi connectivity index (χ1n) is 6.50. The van der Waals surface area contributed by atoms with Gasteiger partial charge in [-0.2, -0.15) is 0 Å². The predicted octanol–water partition coefficient (Wildman–Crippen LogP) is 2.71. The first-order valence-corrected chi connectivity index (χ1v) is 7.98. The molecule has 18 heavy (non-hydrogen) atoms. The summed E-state index contributed by atoms with van der Waals surface area (Å²) in [6.07, 6.45) is 2.04. The van der Waals surface area contributed by atoms with Gasteiger partial charge in [0.05, 0.1) is 4.90 Å². The number of sulfonamides is 1. The van der Waals surface area contributed by atoms with E-state index in [4.69, 9.17) is 0 Å². The summed E-state index contributed by atoms with van der Waals surface area (Å²) in [5.74, 6) is 0.998. The second-order valence-corrected chi connectivity index (χ2v) is 7.09. The largest absolute Gasteiger partial charge is 0.241 e. The normalized spacial score (nSPS) is 28.5. The van der Waals surface area contributed by atoms with Gasteiger partial charge in [0.25, 0.3) is 0 Å². The first kappa shape index (κ1) is 13.6. The van der Waals surface area contributed by atoms with Crippen LogP contribution in [0.2, 0.25) is 0 Å². The summed E-state index contributed by atoms with van der Waals surface area (Å²) in [7, 11) is -3.38. The molecule has 0 radical (unpaired) electrons. The maximum absolute atomic E-state index is 12.4. The van der Waals surface area contributed by atoms with Crippen molar-refractivity contribution in [2.45, 2.75) is 44.6 Å². The lowest BCUT2D eigenvalue weighted by Crippen LogP contribution is -2.37. The second kappa shape index (κ2) is 5.02. The van der Waals surface area contributed by atoms with Crippen LogP contribution in [0, 0.1) is 18.8 Å². The van der Waals surface area contributed by atoms with Crippen LogP contribution in [-0.4, -0.2) is 14.5 Å². The molecule has 100 valence electrons. The van der Waals surface area contributed by atoms with E-state index in [1.165, 1.54) is 0 Å². The molecule has 3 atom stereocenters. The van der Waals surface area contributed by atoms with E-state index in [-0.39, 0.29) is 6.04 Å². The van der Waals surface area contributed by atoms with Crippen LogP contribution in [0.4, 0.5) is 0 Å². The minimum Gasteiger partial charge on any atom is -0.208 e. The summed E-state index contributed by atoms with van der Waals surface area (Å²) in [5.41, 5.74) is 0.795. The summed E-state index contributed by atoms with van der Waals surface area (Å²) in [4.78, 5) is 0.400. The van der Waals surface area contributed by atoms with Gasteiger partial charge < -0.3 is 0 Å². The Morgan fingerprint density at radius 3 is 2.39 bits per heavy atom. The molecule has 1 aliphatic carbocycles. The fourth-order valence-electron chi connectivity index (χ4n) is 2.65. The van der Waals surface area contributed by atoms with Gasteiger partial charge in [-0.15, -0.1) is 0 Å². The highest BCUT2D eigenvalue weighted by atomic mass is 32.2. The Balaban J connectivity index is 2.21. The predicted molar refractivity (Wildman–Crippen MR) is 72.9 cm³/mol. The third kappa shape index (κ3) is 2.59.